The van der Waals surface area contributed by atoms with Gasteiger partial charge in [0.05, 0.1) is 17.0 Å². The second-order valence-electron chi connectivity index (χ2n) is 6.67. The van der Waals surface area contributed by atoms with Crippen molar-refractivity contribution in [3.05, 3.63) is 89.6 Å². The topological polar surface area (TPSA) is 59.5 Å². The van der Waals surface area contributed by atoms with Gasteiger partial charge in [0.25, 0.3) is 5.91 Å². The summed E-state index contributed by atoms with van der Waals surface area (Å²) in [6.45, 7) is 4.40. The van der Waals surface area contributed by atoms with E-state index in [9.17, 15) is 9.59 Å². The van der Waals surface area contributed by atoms with Gasteiger partial charge in [0.15, 0.2) is 6.61 Å². The van der Waals surface area contributed by atoms with Crippen LogP contribution in [0.25, 0.3) is 11.3 Å². The van der Waals surface area contributed by atoms with Crippen LogP contribution >= 0.6 is 0 Å². The molecule has 3 rings (SSSR count). The molecule has 0 saturated heterocycles. The van der Waals surface area contributed by atoms with E-state index in [4.69, 9.17) is 4.74 Å². The van der Waals surface area contributed by atoms with E-state index < -0.39 is 5.97 Å². The van der Waals surface area contributed by atoms with Crippen LogP contribution in [0.5, 0.6) is 0 Å². The molecule has 0 fully saturated rings. The number of rotatable bonds is 7. The molecule has 0 spiro atoms. The van der Waals surface area contributed by atoms with Crippen LogP contribution in [0.1, 0.15) is 28.5 Å². The normalized spacial score (nSPS) is 10.4. The first-order chi connectivity index (χ1) is 14.1. The third kappa shape index (κ3) is 5.29. The molecular formula is C24H24N2O3. The molecule has 5 nitrogen and oxygen atoms in total. The zero-order valence-corrected chi connectivity index (χ0v) is 16.7. The predicted octanol–water partition coefficient (Wildman–Crippen LogP) is 4.26. The number of esters is 1. The fraction of sp³-hybridized carbons (Fsp3) is 0.208. The van der Waals surface area contributed by atoms with Crippen LogP contribution in [-0.4, -0.2) is 34.9 Å². The van der Waals surface area contributed by atoms with Crippen LogP contribution in [0, 0.1) is 6.92 Å². The van der Waals surface area contributed by atoms with Crippen molar-refractivity contribution in [1.29, 1.82) is 0 Å². The van der Waals surface area contributed by atoms with Crippen molar-refractivity contribution in [3.8, 4) is 11.3 Å². The Kier molecular flexibility index (Phi) is 6.74. The molecule has 148 valence electrons. The molecule has 0 unspecified atom stereocenters. The molecule has 0 aliphatic carbocycles. The third-order valence-corrected chi connectivity index (χ3v) is 4.65. The zero-order chi connectivity index (χ0) is 20.6. The Morgan fingerprint density at radius 3 is 2.21 bits per heavy atom. The lowest BCUT2D eigenvalue weighted by Gasteiger charge is -2.21. The molecule has 1 amide bonds. The Hall–Kier alpha value is -3.47. The largest absolute Gasteiger partial charge is 0.452 e. The third-order valence-electron chi connectivity index (χ3n) is 4.65. The highest BCUT2D eigenvalue weighted by molar-refractivity contribution is 5.92. The highest BCUT2D eigenvalue weighted by Crippen LogP contribution is 2.19. The summed E-state index contributed by atoms with van der Waals surface area (Å²) in [6.07, 6.45) is 0. The van der Waals surface area contributed by atoms with Gasteiger partial charge in [-0.25, -0.2) is 4.79 Å². The number of pyridine rings is 1. The van der Waals surface area contributed by atoms with Crippen LogP contribution in [0.3, 0.4) is 0 Å². The number of carbonyl (C=O) groups is 2. The summed E-state index contributed by atoms with van der Waals surface area (Å²) in [7, 11) is 0. The minimum absolute atomic E-state index is 0.226. The Labute approximate surface area is 171 Å². The number of benzene rings is 2. The van der Waals surface area contributed by atoms with Crippen molar-refractivity contribution < 1.29 is 14.3 Å². The van der Waals surface area contributed by atoms with E-state index in [1.54, 1.807) is 24.0 Å². The summed E-state index contributed by atoms with van der Waals surface area (Å²) in [5, 5.41) is 0. The maximum Gasteiger partial charge on any atom is 0.340 e. The summed E-state index contributed by atoms with van der Waals surface area (Å²) < 4.78 is 5.27. The fourth-order valence-corrected chi connectivity index (χ4v) is 3.02. The molecular weight excluding hydrogens is 364 g/mol. The first kappa shape index (κ1) is 20.3. The molecule has 29 heavy (non-hydrogen) atoms. The lowest BCUT2D eigenvalue weighted by molar-refractivity contribution is -0.134. The number of hydrogen-bond donors (Lipinski definition) is 0. The van der Waals surface area contributed by atoms with Gasteiger partial charge in [0.1, 0.15) is 0 Å². The summed E-state index contributed by atoms with van der Waals surface area (Å²) >= 11 is 0. The molecule has 3 aromatic rings. The van der Waals surface area contributed by atoms with Crippen molar-refractivity contribution in [1.82, 2.24) is 9.88 Å². The first-order valence-electron chi connectivity index (χ1n) is 9.60. The van der Waals surface area contributed by atoms with E-state index in [-0.39, 0.29) is 12.5 Å². The Morgan fingerprint density at radius 2 is 1.59 bits per heavy atom. The Morgan fingerprint density at radius 1 is 0.931 bits per heavy atom. The van der Waals surface area contributed by atoms with Gasteiger partial charge in [-0.15, -0.1) is 0 Å². The van der Waals surface area contributed by atoms with Gasteiger partial charge in [0, 0.05) is 18.7 Å². The van der Waals surface area contributed by atoms with E-state index in [0.29, 0.717) is 24.3 Å². The molecule has 1 aromatic heterocycles. The van der Waals surface area contributed by atoms with Crippen molar-refractivity contribution >= 4 is 11.9 Å². The van der Waals surface area contributed by atoms with Crippen LogP contribution < -0.4 is 0 Å². The summed E-state index contributed by atoms with van der Waals surface area (Å²) in [4.78, 5) is 31.1. The molecule has 0 aliphatic heterocycles. The van der Waals surface area contributed by atoms with E-state index >= 15 is 0 Å². The Bertz CT molecular complexity index is 972. The first-order valence-corrected chi connectivity index (χ1v) is 9.60. The number of carbonyl (C=O) groups excluding carboxylic acids is 2. The number of likely N-dealkylation sites (N-methyl/N-ethyl adjacent to an activating group) is 1. The fourth-order valence-electron chi connectivity index (χ4n) is 3.02. The number of amides is 1. The number of hydrogen-bond acceptors (Lipinski definition) is 4. The van der Waals surface area contributed by atoms with E-state index in [1.165, 1.54) is 0 Å². The number of aromatic nitrogens is 1. The van der Waals surface area contributed by atoms with E-state index in [0.717, 1.165) is 16.8 Å². The zero-order valence-electron chi connectivity index (χ0n) is 16.7. The molecule has 0 bridgehead atoms. The van der Waals surface area contributed by atoms with Crippen molar-refractivity contribution in [2.24, 2.45) is 0 Å². The maximum atomic E-state index is 12.5. The van der Waals surface area contributed by atoms with Crippen molar-refractivity contribution in [3.63, 3.8) is 0 Å². The number of nitrogens with zero attached hydrogens (tertiary/aromatic N) is 2. The predicted molar refractivity (Wildman–Crippen MR) is 112 cm³/mol. The van der Waals surface area contributed by atoms with Crippen LogP contribution in [0.15, 0.2) is 72.8 Å². The molecule has 0 atom stereocenters. The smallest absolute Gasteiger partial charge is 0.340 e. The van der Waals surface area contributed by atoms with Gasteiger partial charge < -0.3 is 9.64 Å². The molecule has 0 aliphatic rings. The van der Waals surface area contributed by atoms with Crippen molar-refractivity contribution in [2.75, 3.05) is 13.2 Å². The lowest BCUT2D eigenvalue weighted by atomic mass is 10.1. The van der Waals surface area contributed by atoms with E-state index in [1.807, 2.05) is 67.6 Å². The van der Waals surface area contributed by atoms with Gasteiger partial charge in [0.2, 0.25) is 0 Å². The lowest BCUT2D eigenvalue weighted by Crippen LogP contribution is -2.34. The summed E-state index contributed by atoms with van der Waals surface area (Å²) in [5.74, 6) is -0.769. The van der Waals surface area contributed by atoms with Gasteiger partial charge in [-0.1, -0.05) is 60.7 Å². The van der Waals surface area contributed by atoms with Gasteiger partial charge >= 0.3 is 5.97 Å². The second-order valence-corrected chi connectivity index (χ2v) is 6.67. The average molecular weight is 388 g/mol. The summed E-state index contributed by atoms with van der Waals surface area (Å²) in [6, 6.07) is 23.0. The SMILES string of the molecule is CCN(Cc1ccccc1)C(=O)COC(=O)c1ccc(-c2ccccc2)nc1C. The van der Waals surface area contributed by atoms with Gasteiger partial charge in [-0.3, -0.25) is 9.78 Å². The quantitative estimate of drug-likeness (QED) is 0.568. The van der Waals surface area contributed by atoms with Crippen LogP contribution in [0.2, 0.25) is 0 Å². The molecule has 2 aromatic carbocycles. The van der Waals surface area contributed by atoms with E-state index in [2.05, 4.69) is 4.98 Å². The highest BCUT2D eigenvalue weighted by Gasteiger charge is 2.17. The highest BCUT2D eigenvalue weighted by atomic mass is 16.5. The monoisotopic (exact) mass is 388 g/mol. The van der Waals surface area contributed by atoms with Gasteiger partial charge in [-0.2, -0.15) is 0 Å². The minimum Gasteiger partial charge on any atom is -0.452 e. The number of ether oxygens (including phenoxy) is 1. The molecule has 1 heterocycles. The summed E-state index contributed by atoms with van der Waals surface area (Å²) in [5.41, 5.74) is 3.73. The minimum atomic E-state index is -0.543. The standard InChI is InChI=1S/C24H24N2O3/c1-3-26(16-19-10-6-4-7-11-19)23(27)17-29-24(28)21-14-15-22(25-18(21)2)20-12-8-5-9-13-20/h4-15H,3,16-17H2,1-2H3. The molecule has 0 N–H and O–H groups in total. The molecule has 0 radical (unpaired) electrons. The van der Waals surface area contributed by atoms with Crippen LogP contribution in [-0.2, 0) is 16.1 Å². The maximum absolute atomic E-state index is 12.5. The molecule has 5 heteroatoms. The number of aryl methyl sites for hydroxylation is 1. The van der Waals surface area contributed by atoms with Crippen LogP contribution in [0.4, 0.5) is 0 Å². The average Bonchev–Trinajstić information content (AvgIpc) is 2.76. The second kappa shape index (κ2) is 9.64. The van der Waals surface area contributed by atoms with Crippen molar-refractivity contribution in [2.45, 2.75) is 20.4 Å². The van der Waals surface area contributed by atoms with Gasteiger partial charge in [-0.05, 0) is 31.5 Å². The molecule has 0 saturated carbocycles. The Balaban J connectivity index is 1.61.